The summed E-state index contributed by atoms with van der Waals surface area (Å²) < 4.78 is 5.47. The zero-order valence-electron chi connectivity index (χ0n) is 15.1. The fraction of sp³-hybridized carbons (Fsp3) is 0.556. The molecule has 146 valence electrons. The van der Waals surface area contributed by atoms with E-state index in [1.54, 1.807) is 23.9 Å². The third-order valence-electron chi connectivity index (χ3n) is 4.01. The molecule has 1 atom stereocenters. The Labute approximate surface area is 165 Å². The zero-order chi connectivity index (χ0) is 17.9. The largest absolute Gasteiger partial charge is 0.484 e. The quantitative estimate of drug-likeness (QED) is 0.691. The molecule has 0 saturated carbocycles. The Morgan fingerprint density at radius 1 is 1.27 bits per heavy atom. The van der Waals surface area contributed by atoms with Crippen LogP contribution in [0.25, 0.3) is 0 Å². The molecular weight excluding hydrogens is 374 g/mol. The van der Waals surface area contributed by atoms with E-state index in [-0.39, 0.29) is 30.8 Å². The predicted molar refractivity (Wildman–Crippen MR) is 108 cm³/mol. The molecule has 0 spiro atoms. The lowest BCUT2D eigenvalue weighted by atomic mass is 10.2. The average Bonchev–Trinajstić information content (AvgIpc) is 2.93. The van der Waals surface area contributed by atoms with Crippen molar-refractivity contribution >= 4 is 36.0 Å². The van der Waals surface area contributed by atoms with Gasteiger partial charge in [-0.15, -0.1) is 12.4 Å². The van der Waals surface area contributed by atoms with Gasteiger partial charge in [-0.05, 0) is 43.5 Å². The van der Waals surface area contributed by atoms with Crippen LogP contribution in [0.2, 0.25) is 0 Å². The molecular formula is C18H28ClN3O3S. The zero-order valence-corrected chi connectivity index (χ0v) is 16.7. The van der Waals surface area contributed by atoms with Gasteiger partial charge in [0.2, 0.25) is 5.91 Å². The maximum atomic E-state index is 12.8. The number of carbonyl (C=O) groups excluding carboxylic acids is 2. The van der Waals surface area contributed by atoms with Gasteiger partial charge in [-0.3, -0.25) is 9.59 Å². The molecule has 0 radical (unpaired) electrons. The van der Waals surface area contributed by atoms with E-state index < -0.39 is 6.04 Å². The van der Waals surface area contributed by atoms with Gasteiger partial charge in [0.1, 0.15) is 11.8 Å². The van der Waals surface area contributed by atoms with Crippen molar-refractivity contribution in [3.8, 4) is 5.75 Å². The van der Waals surface area contributed by atoms with Crippen LogP contribution in [0.4, 0.5) is 0 Å². The number of rotatable bonds is 8. The van der Waals surface area contributed by atoms with Gasteiger partial charge >= 0.3 is 0 Å². The van der Waals surface area contributed by atoms with Gasteiger partial charge in [0.15, 0.2) is 6.61 Å². The Hall–Kier alpha value is -1.44. The second kappa shape index (κ2) is 12.8. The Bertz CT molecular complexity index is 540. The van der Waals surface area contributed by atoms with Gasteiger partial charge in [-0.2, -0.15) is 11.8 Å². The van der Waals surface area contributed by atoms with Crippen LogP contribution in [0.5, 0.6) is 5.75 Å². The second-order valence-corrected chi connectivity index (χ2v) is 6.92. The van der Waals surface area contributed by atoms with Crippen molar-refractivity contribution < 1.29 is 14.3 Å². The highest BCUT2D eigenvalue weighted by Gasteiger charge is 2.26. The summed E-state index contributed by atoms with van der Waals surface area (Å²) in [6.45, 7) is 3.06. The first-order valence-corrected chi connectivity index (χ1v) is 10.1. The molecule has 1 unspecified atom stereocenters. The highest BCUT2D eigenvalue weighted by molar-refractivity contribution is 7.98. The number of halogens is 1. The van der Waals surface area contributed by atoms with Crippen LogP contribution in [-0.2, 0) is 9.59 Å². The minimum Gasteiger partial charge on any atom is -0.484 e. The van der Waals surface area contributed by atoms with Crippen LogP contribution in [-0.4, -0.2) is 67.6 Å². The van der Waals surface area contributed by atoms with Gasteiger partial charge < -0.3 is 20.3 Å². The molecule has 2 rings (SSSR count). The number of amides is 2. The van der Waals surface area contributed by atoms with E-state index in [0.717, 1.165) is 31.8 Å². The van der Waals surface area contributed by atoms with Crippen LogP contribution >= 0.6 is 24.2 Å². The van der Waals surface area contributed by atoms with Crippen LogP contribution in [0.15, 0.2) is 30.3 Å². The molecule has 2 N–H and O–H groups in total. The van der Waals surface area contributed by atoms with E-state index in [2.05, 4.69) is 10.6 Å². The van der Waals surface area contributed by atoms with Gasteiger partial charge in [0, 0.05) is 19.6 Å². The summed E-state index contributed by atoms with van der Waals surface area (Å²) in [5.74, 6) is 1.20. The molecule has 0 bridgehead atoms. The lowest BCUT2D eigenvalue weighted by molar-refractivity contribution is -0.136. The molecule has 1 fully saturated rings. The van der Waals surface area contributed by atoms with Crippen molar-refractivity contribution in [2.75, 3.05) is 44.8 Å². The third-order valence-corrected chi connectivity index (χ3v) is 4.65. The standard InChI is InChI=1S/C18H27N3O3S.ClH/c1-25-13-8-16(18(23)21-11-5-9-19-10-12-21)20-17(22)14-24-15-6-3-2-4-7-15;/h2-4,6-7,16,19H,5,8-14H2,1H3,(H,20,22);1H. The van der Waals surface area contributed by atoms with Crippen molar-refractivity contribution in [3.05, 3.63) is 30.3 Å². The van der Waals surface area contributed by atoms with E-state index >= 15 is 0 Å². The number of ether oxygens (including phenoxy) is 1. The van der Waals surface area contributed by atoms with Gasteiger partial charge in [0.05, 0.1) is 0 Å². The molecule has 1 heterocycles. The van der Waals surface area contributed by atoms with E-state index in [1.807, 2.05) is 29.4 Å². The first-order valence-electron chi connectivity index (χ1n) is 8.66. The van der Waals surface area contributed by atoms with Crippen molar-refractivity contribution in [3.63, 3.8) is 0 Å². The molecule has 1 aromatic carbocycles. The molecule has 1 saturated heterocycles. The topological polar surface area (TPSA) is 70.7 Å². The summed E-state index contributed by atoms with van der Waals surface area (Å²) in [7, 11) is 0. The fourth-order valence-electron chi connectivity index (χ4n) is 2.68. The monoisotopic (exact) mass is 401 g/mol. The number of nitrogens with one attached hydrogen (secondary N) is 2. The van der Waals surface area contributed by atoms with E-state index in [9.17, 15) is 9.59 Å². The third kappa shape index (κ3) is 7.85. The first kappa shape index (κ1) is 22.6. The number of hydrogen-bond acceptors (Lipinski definition) is 5. The lowest BCUT2D eigenvalue weighted by Gasteiger charge is -2.26. The second-order valence-electron chi connectivity index (χ2n) is 5.93. The minimum atomic E-state index is -0.488. The first-order chi connectivity index (χ1) is 12.2. The maximum Gasteiger partial charge on any atom is 0.258 e. The molecule has 1 aromatic rings. The average molecular weight is 402 g/mol. The molecule has 26 heavy (non-hydrogen) atoms. The van der Waals surface area contributed by atoms with Crippen molar-refractivity contribution in [2.45, 2.75) is 18.9 Å². The highest BCUT2D eigenvalue weighted by atomic mass is 35.5. The van der Waals surface area contributed by atoms with Gasteiger partial charge in [-0.1, -0.05) is 18.2 Å². The van der Waals surface area contributed by atoms with Crippen LogP contribution in [0.3, 0.4) is 0 Å². The Kier molecular flexibility index (Phi) is 11.2. The fourth-order valence-corrected chi connectivity index (χ4v) is 3.15. The Balaban J connectivity index is 0.00000338. The summed E-state index contributed by atoms with van der Waals surface area (Å²) in [5, 5.41) is 6.14. The lowest BCUT2D eigenvalue weighted by Crippen LogP contribution is -2.50. The number of thioether (sulfide) groups is 1. The van der Waals surface area contributed by atoms with Crippen molar-refractivity contribution in [2.24, 2.45) is 0 Å². The molecule has 0 aromatic heterocycles. The predicted octanol–water partition coefficient (Wildman–Crippen LogP) is 1.55. The molecule has 2 amide bonds. The van der Waals surface area contributed by atoms with Gasteiger partial charge in [0.25, 0.3) is 5.91 Å². The van der Waals surface area contributed by atoms with Crippen LogP contribution in [0.1, 0.15) is 12.8 Å². The maximum absolute atomic E-state index is 12.8. The van der Waals surface area contributed by atoms with Crippen LogP contribution < -0.4 is 15.4 Å². The van der Waals surface area contributed by atoms with Crippen LogP contribution in [0, 0.1) is 0 Å². The van der Waals surface area contributed by atoms with E-state index in [1.165, 1.54) is 0 Å². The molecule has 6 nitrogen and oxygen atoms in total. The minimum absolute atomic E-state index is 0. The summed E-state index contributed by atoms with van der Waals surface area (Å²) in [6, 6.07) is 8.70. The van der Waals surface area contributed by atoms with E-state index in [4.69, 9.17) is 4.74 Å². The molecule has 1 aliphatic heterocycles. The number of para-hydroxylation sites is 1. The summed E-state index contributed by atoms with van der Waals surface area (Å²) in [6.07, 6.45) is 3.56. The molecule has 0 aliphatic carbocycles. The molecule has 1 aliphatic rings. The number of hydrogen-bond donors (Lipinski definition) is 2. The Morgan fingerprint density at radius 3 is 2.77 bits per heavy atom. The summed E-state index contributed by atoms with van der Waals surface area (Å²) in [5.41, 5.74) is 0. The Morgan fingerprint density at radius 2 is 2.04 bits per heavy atom. The highest BCUT2D eigenvalue weighted by Crippen LogP contribution is 2.09. The van der Waals surface area contributed by atoms with Gasteiger partial charge in [-0.25, -0.2) is 0 Å². The SMILES string of the molecule is CSCCC(NC(=O)COc1ccccc1)C(=O)N1CCCNCC1.Cl. The number of benzene rings is 1. The number of nitrogens with zero attached hydrogens (tertiary/aromatic N) is 1. The van der Waals surface area contributed by atoms with Crippen molar-refractivity contribution in [1.82, 2.24) is 15.5 Å². The molecule has 8 heteroatoms. The van der Waals surface area contributed by atoms with Crippen molar-refractivity contribution in [1.29, 1.82) is 0 Å². The normalized spacial score (nSPS) is 15.3. The van der Waals surface area contributed by atoms with E-state index in [0.29, 0.717) is 18.7 Å². The number of carbonyl (C=O) groups is 2. The smallest absolute Gasteiger partial charge is 0.258 e. The summed E-state index contributed by atoms with van der Waals surface area (Å²) in [4.78, 5) is 26.9. The summed E-state index contributed by atoms with van der Waals surface area (Å²) >= 11 is 1.67.